The highest BCUT2D eigenvalue weighted by Crippen LogP contribution is 2.23. The van der Waals surface area contributed by atoms with Crippen LogP contribution in [0.2, 0.25) is 10.0 Å². The summed E-state index contributed by atoms with van der Waals surface area (Å²) < 4.78 is 4.89. The molecule has 2 aromatic rings. The predicted octanol–water partition coefficient (Wildman–Crippen LogP) is 1.96. The highest BCUT2D eigenvalue weighted by atomic mass is 35.5. The van der Waals surface area contributed by atoms with E-state index in [1.165, 1.54) is 0 Å². The number of hydrogen-bond donors (Lipinski definition) is 2. The Morgan fingerprint density at radius 1 is 1.39 bits per heavy atom. The maximum atomic E-state index is 9.43. The van der Waals surface area contributed by atoms with Crippen molar-refractivity contribution in [3.63, 3.8) is 0 Å². The number of nitrogens with zero attached hydrogens (tertiary/aromatic N) is 2. The average molecular weight is 288 g/mol. The summed E-state index contributed by atoms with van der Waals surface area (Å²) in [5.74, 6) is 0.541. The van der Waals surface area contributed by atoms with E-state index in [-0.39, 0.29) is 12.4 Å². The van der Waals surface area contributed by atoms with Gasteiger partial charge in [-0.3, -0.25) is 0 Å². The van der Waals surface area contributed by atoms with Crippen molar-refractivity contribution in [3.8, 4) is 0 Å². The molecule has 0 amide bonds. The van der Waals surface area contributed by atoms with Crippen molar-refractivity contribution in [1.82, 2.24) is 10.1 Å². The van der Waals surface area contributed by atoms with Crippen LogP contribution in [-0.4, -0.2) is 21.8 Å². The first-order chi connectivity index (χ1) is 8.60. The summed E-state index contributed by atoms with van der Waals surface area (Å²) in [5, 5.41) is 14.3. The third kappa shape index (κ3) is 3.00. The van der Waals surface area contributed by atoms with E-state index in [0.29, 0.717) is 22.3 Å². The zero-order valence-electron chi connectivity index (χ0n) is 9.31. The van der Waals surface area contributed by atoms with Gasteiger partial charge in [-0.1, -0.05) is 34.4 Å². The first-order valence-electron chi connectivity index (χ1n) is 5.24. The molecule has 1 heterocycles. The molecule has 0 saturated heterocycles. The summed E-state index contributed by atoms with van der Waals surface area (Å²) in [7, 11) is 0. The summed E-state index contributed by atoms with van der Waals surface area (Å²) in [6.45, 7) is 0.0311. The summed E-state index contributed by atoms with van der Waals surface area (Å²) in [6.07, 6.45) is -0.538. The molecule has 0 radical (unpaired) electrons. The van der Waals surface area contributed by atoms with Crippen LogP contribution in [0.4, 0.5) is 0 Å². The van der Waals surface area contributed by atoms with Crippen molar-refractivity contribution in [3.05, 3.63) is 45.5 Å². The molecular weight excluding hydrogens is 277 g/mol. The summed E-state index contributed by atoms with van der Waals surface area (Å²) >= 11 is 11.8. The molecule has 96 valence electrons. The zero-order chi connectivity index (χ0) is 13.1. The Bertz CT molecular complexity index is 545. The van der Waals surface area contributed by atoms with Gasteiger partial charge in [-0.05, 0) is 17.7 Å². The lowest BCUT2D eigenvalue weighted by atomic mass is 10.1. The number of hydrogen-bond acceptors (Lipinski definition) is 5. The van der Waals surface area contributed by atoms with E-state index < -0.39 is 6.10 Å². The summed E-state index contributed by atoms with van der Waals surface area (Å²) in [6, 6.07) is 5.17. The molecule has 0 aliphatic rings. The fourth-order valence-corrected chi connectivity index (χ4v) is 1.89. The number of aliphatic hydroxyl groups excluding tert-OH is 1. The van der Waals surface area contributed by atoms with Crippen molar-refractivity contribution in [1.29, 1.82) is 0 Å². The Labute approximate surface area is 114 Å². The molecule has 18 heavy (non-hydrogen) atoms. The topological polar surface area (TPSA) is 85.2 Å². The van der Waals surface area contributed by atoms with Gasteiger partial charge >= 0.3 is 0 Å². The molecular formula is C11H11Cl2N3O2. The third-order valence-electron chi connectivity index (χ3n) is 2.36. The first kappa shape index (κ1) is 13.3. The second kappa shape index (κ2) is 5.67. The minimum atomic E-state index is -0.938. The van der Waals surface area contributed by atoms with Crippen LogP contribution in [0, 0.1) is 0 Å². The van der Waals surface area contributed by atoms with E-state index >= 15 is 0 Å². The van der Waals surface area contributed by atoms with Gasteiger partial charge in [0.2, 0.25) is 0 Å². The van der Waals surface area contributed by atoms with E-state index in [1.54, 1.807) is 18.2 Å². The lowest BCUT2D eigenvalue weighted by Gasteiger charge is -2.01. The van der Waals surface area contributed by atoms with Crippen molar-refractivity contribution in [2.75, 3.05) is 6.54 Å². The van der Waals surface area contributed by atoms with Gasteiger partial charge in [0.25, 0.3) is 5.89 Å². The second-order valence-corrected chi connectivity index (χ2v) is 4.56. The van der Waals surface area contributed by atoms with Crippen molar-refractivity contribution >= 4 is 23.2 Å². The molecule has 1 atom stereocenters. The normalized spacial score (nSPS) is 12.7. The first-order valence-corrected chi connectivity index (χ1v) is 6.00. The van der Waals surface area contributed by atoms with Crippen LogP contribution < -0.4 is 5.73 Å². The van der Waals surface area contributed by atoms with Gasteiger partial charge in [-0.2, -0.15) is 4.98 Å². The highest BCUT2D eigenvalue weighted by molar-refractivity contribution is 6.35. The van der Waals surface area contributed by atoms with Gasteiger partial charge in [0.1, 0.15) is 6.10 Å². The van der Waals surface area contributed by atoms with E-state index in [4.69, 9.17) is 33.5 Å². The Hall–Kier alpha value is -1.14. The van der Waals surface area contributed by atoms with Gasteiger partial charge in [0.05, 0.1) is 0 Å². The minimum absolute atomic E-state index is 0.0311. The van der Waals surface area contributed by atoms with Gasteiger partial charge in [-0.25, -0.2) is 0 Å². The quantitative estimate of drug-likeness (QED) is 0.898. The molecule has 5 nitrogen and oxygen atoms in total. The van der Waals surface area contributed by atoms with Gasteiger partial charge in [0, 0.05) is 23.0 Å². The summed E-state index contributed by atoms with van der Waals surface area (Å²) in [4.78, 5) is 4.04. The molecule has 1 unspecified atom stereocenters. The van der Waals surface area contributed by atoms with E-state index in [1.807, 2.05) is 0 Å². The van der Waals surface area contributed by atoms with Crippen LogP contribution in [0.3, 0.4) is 0 Å². The lowest BCUT2D eigenvalue weighted by molar-refractivity contribution is 0.141. The van der Waals surface area contributed by atoms with Gasteiger partial charge < -0.3 is 15.4 Å². The highest BCUT2D eigenvalue weighted by Gasteiger charge is 2.15. The second-order valence-electron chi connectivity index (χ2n) is 3.71. The fourth-order valence-electron chi connectivity index (χ4n) is 1.41. The molecule has 0 spiro atoms. The largest absolute Gasteiger partial charge is 0.382 e. The zero-order valence-corrected chi connectivity index (χ0v) is 10.8. The number of benzene rings is 1. The molecule has 0 fully saturated rings. The molecule has 3 N–H and O–H groups in total. The Morgan fingerprint density at radius 2 is 2.17 bits per heavy atom. The predicted molar refractivity (Wildman–Crippen MR) is 67.6 cm³/mol. The van der Waals surface area contributed by atoms with Crippen LogP contribution >= 0.6 is 23.2 Å². The van der Waals surface area contributed by atoms with E-state index in [0.717, 1.165) is 5.56 Å². The maximum absolute atomic E-state index is 9.43. The Balaban J connectivity index is 2.16. The monoisotopic (exact) mass is 287 g/mol. The lowest BCUT2D eigenvalue weighted by Crippen LogP contribution is -2.11. The third-order valence-corrected chi connectivity index (χ3v) is 2.94. The van der Waals surface area contributed by atoms with E-state index in [9.17, 15) is 5.11 Å². The number of halogens is 2. The Morgan fingerprint density at radius 3 is 2.83 bits per heavy atom. The van der Waals surface area contributed by atoms with Crippen molar-refractivity contribution in [2.24, 2.45) is 5.73 Å². The molecule has 7 heteroatoms. The number of nitrogens with two attached hydrogens (primary N) is 1. The smallest absolute Gasteiger partial charge is 0.256 e. The molecule has 1 aromatic carbocycles. The standard InChI is InChI=1S/C11H11Cl2N3O2/c12-7-2-1-6(8(13)4-7)3-10-15-11(18-16-10)9(17)5-14/h1-2,4,9,17H,3,5,14H2. The number of aromatic nitrogens is 2. The molecule has 0 aliphatic heterocycles. The van der Waals surface area contributed by atoms with Crippen LogP contribution in [0.25, 0.3) is 0 Å². The van der Waals surface area contributed by atoms with Crippen molar-refractivity contribution in [2.45, 2.75) is 12.5 Å². The fraction of sp³-hybridized carbons (Fsp3) is 0.273. The van der Waals surface area contributed by atoms with E-state index in [2.05, 4.69) is 10.1 Å². The summed E-state index contributed by atoms with van der Waals surface area (Å²) in [5.41, 5.74) is 6.12. The van der Waals surface area contributed by atoms with Gasteiger partial charge in [0.15, 0.2) is 5.82 Å². The van der Waals surface area contributed by atoms with Crippen LogP contribution in [0.5, 0.6) is 0 Å². The molecule has 1 aromatic heterocycles. The minimum Gasteiger partial charge on any atom is -0.382 e. The van der Waals surface area contributed by atoms with Crippen molar-refractivity contribution < 1.29 is 9.63 Å². The molecule has 0 saturated carbocycles. The van der Waals surface area contributed by atoms with Crippen LogP contribution in [0.15, 0.2) is 22.7 Å². The number of rotatable bonds is 4. The molecule has 2 rings (SSSR count). The SMILES string of the molecule is NCC(O)c1nc(Cc2ccc(Cl)cc2Cl)no1. The van der Waals surface area contributed by atoms with Crippen LogP contribution in [-0.2, 0) is 6.42 Å². The molecule has 0 aliphatic carbocycles. The molecule has 0 bridgehead atoms. The maximum Gasteiger partial charge on any atom is 0.256 e. The Kier molecular flexibility index (Phi) is 4.19. The van der Waals surface area contributed by atoms with Gasteiger partial charge in [-0.15, -0.1) is 0 Å². The van der Waals surface area contributed by atoms with Crippen LogP contribution in [0.1, 0.15) is 23.4 Å². The average Bonchev–Trinajstić information content (AvgIpc) is 2.80. The number of aliphatic hydroxyl groups is 1.